The fourth-order valence-corrected chi connectivity index (χ4v) is 4.17. The molecule has 3 amide bonds. The molecule has 7 nitrogen and oxygen atoms in total. The van der Waals surface area contributed by atoms with Crippen molar-refractivity contribution in [2.75, 3.05) is 12.3 Å². The van der Waals surface area contributed by atoms with Gasteiger partial charge >= 0.3 is 6.03 Å². The van der Waals surface area contributed by atoms with Crippen molar-refractivity contribution in [3.8, 4) is 0 Å². The van der Waals surface area contributed by atoms with Crippen molar-refractivity contribution in [1.29, 1.82) is 0 Å². The predicted octanol–water partition coefficient (Wildman–Crippen LogP) is 3.22. The van der Waals surface area contributed by atoms with Crippen molar-refractivity contribution in [2.45, 2.75) is 50.7 Å². The number of fused-ring (bicyclic) bond motifs is 1. The van der Waals surface area contributed by atoms with Gasteiger partial charge in [0.05, 0.1) is 16.7 Å². The second-order valence-electron chi connectivity index (χ2n) is 6.92. The van der Waals surface area contributed by atoms with E-state index in [4.69, 9.17) is 0 Å². The van der Waals surface area contributed by atoms with Gasteiger partial charge in [-0.1, -0.05) is 35.5 Å². The Labute approximate surface area is 174 Å². The molecule has 0 spiro atoms. The summed E-state index contributed by atoms with van der Waals surface area (Å²) in [4.78, 5) is 41.2. The number of rotatable bonds is 7. The summed E-state index contributed by atoms with van der Waals surface area (Å²) in [6.45, 7) is 2.74. The maximum Gasteiger partial charge on any atom is 0.321 e. The third-order valence-electron chi connectivity index (χ3n) is 4.79. The van der Waals surface area contributed by atoms with E-state index < -0.39 is 11.9 Å². The molecule has 1 aliphatic carbocycles. The zero-order valence-corrected chi connectivity index (χ0v) is 17.4. The first kappa shape index (κ1) is 21.1. The highest BCUT2D eigenvalue weighted by atomic mass is 32.2. The molecule has 0 saturated carbocycles. The number of nitrogens with one attached hydrogen (secondary N) is 2. The zero-order valence-electron chi connectivity index (χ0n) is 16.6. The Balaban J connectivity index is 1.80. The van der Waals surface area contributed by atoms with Gasteiger partial charge in [0.2, 0.25) is 5.91 Å². The molecule has 0 radical (unpaired) electrons. The van der Waals surface area contributed by atoms with Crippen molar-refractivity contribution in [3.05, 3.63) is 46.3 Å². The summed E-state index contributed by atoms with van der Waals surface area (Å²) >= 11 is 1.17. The average molecular weight is 415 g/mol. The van der Waals surface area contributed by atoms with Crippen molar-refractivity contribution in [1.82, 2.24) is 20.2 Å². The monoisotopic (exact) mass is 414 g/mol. The van der Waals surface area contributed by atoms with Crippen molar-refractivity contribution >= 4 is 34.6 Å². The maximum absolute atomic E-state index is 13.1. The van der Waals surface area contributed by atoms with Crippen LogP contribution in [0.25, 0.3) is 10.9 Å². The largest absolute Gasteiger partial charge is 0.338 e. The van der Waals surface area contributed by atoms with Gasteiger partial charge in [0.15, 0.2) is 5.16 Å². The van der Waals surface area contributed by atoms with E-state index >= 15 is 0 Å². The molecule has 0 fully saturated rings. The number of benzene rings is 1. The molecule has 0 saturated heterocycles. The maximum atomic E-state index is 13.1. The first-order valence-electron chi connectivity index (χ1n) is 9.96. The van der Waals surface area contributed by atoms with E-state index in [0.717, 1.165) is 19.3 Å². The van der Waals surface area contributed by atoms with Crippen LogP contribution in [0.2, 0.25) is 0 Å². The van der Waals surface area contributed by atoms with E-state index in [-0.39, 0.29) is 11.3 Å². The Hall–Kier alpha value is -2.61. The van der Waals surface area contributed by atoms with Crippen molar-refractivity contribution < 1.29 is 9.59 Å². The molecule has 0 atom stereocenters. The highest BCUT2D eigenvalue weighted by Crippen LogP contribution is 2.22. The van der Waals surface area contributed by atoms with Crippen LogP contribution in [0.1, 0.15) is 39.0 Å². The molecule has 0 unspecified atom stereocenters. The third-order valence-corrected chi connectivity index (χ3v) is 5.77. The molecule has 0 aliphatic heterocycles. The fourth-order valence-electron chi connectivity index (χ4n) is 3.34. The van der Waals surface area contributed by atoms with Crippen LogP contribution in [-0.4, -0.2) is 33.8 Å². The van der Waals surface area contributed by atoms with Gasteiger partial charge in [-0.2, -0.15) is 0 Å². The van der Waals surface area contributed by atoms with Crippen LogP contribution in [0, 0.1) is 0 Å². The van der Waals surface area contributed by atoms with Crippen LogP contribution in [0.4, 0.5) is 4.79 Å². The van der Waals surface area contributed by atoms with Crippen LogP contribution in [0.3, 0.4) is 0 Å². The number of amides is 3. The van der Waals surface area contributed by atoms with Gasteiger partial charge in [0.25, 0.3) is 5.56 Å². The summed E-state index contributed by atoms with van der Waals surface area (Å²) in [5, 5.41) is 5.86. The Morgan fingerprint density at radius 1 is 1.24 bits per heavy atom. The number of thioether (sulfide) groups is 1. The van der Waals surface area contributed by atoms with E-state index in [1.165, 1.54) is 30.2 Å². The number of carbonyl (C=O) groups excluding carboxylic acids is 2. The van der Waals surface area contributed by atoms with Crippen LogP contribution in [-0.2, 0) is 11.3 Å². The Bertz CT molecular complexity index is 984. The van der Waals surface area contributed by atoms with E-state index in [9.17, 15) is 14.4 Å². The van der Waals surface area contributed by atoms with Crippen LogP contribution < -0.4 is 16.2 Å². The standard InChI is InChI=1S/C21H26N4O3S/c1-2-22-20(28)24-18(26)14-29-21-23-17-11-7-6-10-16(17)19(27)25(21)13-12-15-8-4-3-5-9-15/h6-8,10-11H,2-5,9,12-14H2,1H3,(H2,22,24,26,28). The van der Waals surface area contributed by atoms with Gasteiger partial charge in [0, 0.05) is 13.1 Å². The van der Waals surface area contributed by atoms with Gasteiger partial charge in [0.1, 0.15) is 0 Å². The molecular formula is C21H26N4O3S. The summed E-state index contributed by atoms with van der Waals surface area (Å²) in [5.41, 5.74) is 1.89. The van der Waals surface area contributed by atoms with Crippen molar-refractivity contribution in [3.63, 3.8) is 0 Å². The number of aromatic nitrogens is 2. The first-order chi connectivity index (χ1) is 14.1. The summed E-state index contributed by atoms with van der Waals surface area (Å²) in [7, 11) is 0. The van der Waals surface area contributed by atoms with Gasteiger partial charge in [-0.05, 0) is 51.2 Å². The quantitative estimate of drug-likeness (QED) is 0.412. The SMILES string of the molecule is CCNC(=O)NC(=O)CSc1nc2ccccc2c(=O)n1CCC1=CCCCC1. The number of hydrogen-bond donors (Lipinski definition) is 2. The molecule has 2 aromatic rings. The van der Waals surface area contributed by atoms with Crippen LogP contribution >= 0.6 is 11.8 Å². The van der Waals surface area contributed by atoms with E-state index in [1.54, 1.807) is 23.6 Å². The zero-order chi connectivity index (χ0) is 20.6. The number of hydrogen-bond acceptors (Lipinski definition) is 5. The number of allylic oxidation sites excluding steroid dienone is 2. The van der Waals surface area contributed by atoms with E-state index in [0.29, 0.717) is 29.1 Å². The molecule has 0 bridgehead atoms. The Morgan fingerprint density at radius 3 is 2.83 bits per heavy atom. The average Bonchev–Trinajstić information content (AvgIpc) is 2.72. The highest BCUT2D eigenvalue weighted by Gasteiger charge is 2.15. The summed E-state index contributed by atoms with van der Waals surface area (Å²) in [6, 6.07) is 6.71. The van der Waals surface area contributed by atoms with Crippen LogP contribution in [0.15, 0.2) is 45.9 Å². The summed E-state index contributed by atoms with van der Waals surface area (Å²) in [6.07, 6.45) is 7.67. The molecule has 1 heterocycles. The number of nitrogens with zero attached hydrogens (tertiary/aromatic N) is 2. The second-order valence-corrected chi connectivity index (χ2v) is 7.87. The normalized spacial score (nSPS) is 13.8. The van der Waals surface area contributed by atoms with Gasteiger partial charge in [-0.25, -0.2) is 9.78 Å². The molecule has 3 rings (SSSR count). The lowest BCUT2D eigenvalue weighted by Crippen LogP contribution is -2.40. The number of imide groups is 1. The molecule has 154 valence electrons. The minimum atomic E-state index is -0.522. The summed E-state index contributed by atoms with van der Waals surface area (Å²) < 4.78 is 1.65. The lowest BCUT2D eigenvalue weighted by Gasteiger charge is -2.16. The second kappa shape index (κ2) is 10.2. The highest BCUT2D eigenvalue weighted by molar-refractivity contribution is 7.99. The van der Waals surface area contributed by atoms with Gasteiger partial charge in [-0.15, -0.1) is 0 Å². The fraction of sp³-hybridized carbons (Fsp3) is 0.429. The topological polar surface area (TPSA) is 93.1 Å². The third kappa shape index (κ3) is 5.69. The molecule has 1 aromatic heterocycles. The molecule has 1 aliphatic rings. The molecule has 29 heavy (non-hydrogen) atoms. The minimum absolute atomic E-state index is 0.00457. The molecular weight excluding hydrogens is 388 g/mol. The number of urea groups is 1. The minimum Gasteiger partial charge on any atom is -0.338 e. The van der Waals surface area contributed by atoms with Gasteiger partial charge in [-0.3, -0.25) is 19.5 Å². The van der Waals surface area contributed by atoms with Crippen molar-refractivity contribution in [2.24, 2.45) is 0 Å². The molecule has 1 aromatic carbocycles. The van der Waals surface area contributed by atoms with E-state index in [1.807, 2.05) is 12.1 Å². The molecule has 8 heteroatoms. The Kier molecular flexibility index (Phi) is 7.46. The van der Waals surface area contributed by atoms with Gasteiger partial charge < -0.3 is 5.32 Å². The predicted molar refractivity (Wildman–Crippen MR) is 115 cm³/mol. The number of para-hydroxylation sites is 1. The Morgan fingerprint density at radius 2 is 2.07 bits per heavy atom. The summed E-state index contributed by atoms with van der Waals surface area (Å²) in [5.74, 6) is -0.421. The smallest absolute Gasteiger partial charge is 0.321 e. The lowest BCUT2D eigenvalue weighted by atomic mass is 9.97. The number of carbonyl (C=O) groups is 2. The van der Waals surface area contributed by atoms with Crippen LogP contribution in [0.5, 0.6) is 0 Å². The first-order valence-corrected chi connectivity index (χ1v) is 10.9. The van der Waals surface area contributed by atoms with E-state index in [2.05, 4.69) is 21.7 Å². The molecule has 2 N–H and O–H groups in total. The lowest BCUT2D eigenvalue weighted by molar-refractivity contribution is -0.117.